The number of benzene rings is 2. The number of pyridine rings is 2. The van der Waals surface area contributed by atoms with Gasteiger partial charge in [-0.05, 0) is 79.2 Å². The first-order valence-electron chi connectivity index (χ1n) is 12.8. The minimum Gasteiger partial charge on any atom is -1.00 e. The van der Waals surface area contributed by atoms with Crippen molar-refractivity contribution in [2.75, 3.05) is 13.2 Å². The van der Waals surface area contributed by atoms with Crippen LogP contribution in [0.1, 0.15) is 34.9 Å². The number of ether oxygens (including phenoxy) is 3. The Labute approximate surface area is 307 Å². The molecule has 234 valence electrons. The van der Waals surface area contributed by atoms with Gasteiger partial charge in [0.05, 0.1) is 24.2 Å². The summed E-state index contributed by atoms with van der Waals surface area (Å²) < 4.78 is 15.5. The molecule has 4 heterocycles. The first-order valence-corrected chi connectivity index (χ1v) is 15.6. The number of hydrogen-bond donors (Lipinski definition) is 1. The molecule has 0 amide bonds. The van der Waals surface area contributed by atoms with Crippen LogP contribution in [0.2, 0.25) is 14.5 Å². The summed E-state index contributed by atoms with van der Waals surface area (Å²) in [6.07, 6.45) is 3.22. The quantitative estimate of drug-likeness (QED) is 0.192. The molecule has 0 bridgehead atoms. The maximum Gasteiger partial charge on any atom is 1.00 e. The van der Waals surface area contributed by atoms with Gasteiger partial charge in [-0.3, -0.25) is 9.78 Å². The number of hydrogen-bond acceptors (Lipinski definition) is 13. The van der Waals surface area contributed by atoms with E-state index in [0.717, 1.165) is 33.6 Å². The molecular weight excluding hydrogens is 710 g/mol. The second-order valence-corrected chi connectivity index (χ2v) is 11.7. The fraction of sp³-hybridized carbons (Fsp3) is 0.143. The zero-order valence-corrected chi connectivity index (χ0v) is 30.2. The van der Waals surface area contributed by atoms with Crippen LogP contribution in [0, 0.1) is 0 Å². The number of aromatic nitrogens is 6. The van der Waals surface area contributed by atoms with Crippen LogP contribution in [-0.4, -0.2) is 55.5 Å². The van der Waals surface area contributed by atoms with E-state index in [1.807, 2.05) is 6.07 Å². The number of aromatic amines is 1. The first-order chi connectivity index (χ1) is 21.7. The standard InChI is InChI=1S/C14H10ClN3O3S.C9H6ClNO.C5H5ClN2O2S.Na.H/c1-2-20-13(19)12-17-18-14(22-12)21-11-5-6-16-10-7-8(15)3-4-9(10)11;10-6-1-2-7-8(5-6)11-4-3-9(7)12;1-2-10-4(9)3-7-8-5(6)11-3;;/h3-7H,2H2,1H3;1-5H,(H,11,12);2H2,1H3;;/q;;;+1;-1. The largest absolute Gasteiger partial charge is 1.00 e. The number of carbonyl (C=O) groups is 2. The van der Waals surface area contributed by atoms with E-state index in [-0.39, 0.29) is 62.7 Å². The van der Waals surface area contributed by atoms with Crippen LogP contribution >= 0.6 is 57.5 Å². The third-order valence-corrected chi connectivity index (χ3v) is 7.54. The summed E-state index contributed by atoms with van der Waals surface area (Å²) in [5.74, 6) is -0.425. The molecule has 0 radical (unpaired) electrons. The van der Waals surface area contributed by atoms with Gasteiger partial charge in [-0.2, -0.15) is 0 Å². The number of fused-ring (bicyclic) bond motifs is 2. The number of rotatable bonds is 6. The molecule has 0 saturated carbocycles. The Balaban J connectivity index is 0.000000262. The maximum absolute atomic E-state index is 11.6. The van der Waals surface area contributed by atoms with E-state index in [1.54, 1.807) is 62.6 Å². The maximum atomic E-state index is 11.6. The Kier molecular flexibility index (Phi) is 14.7. The van der Waals surface area contributed by atoms with E-state index >= 15 is 0 Å². The number of esters is 2. The van der Waals surface area contributed by atoms with Gasteiger partial charge in [0, 0.05) is 39.3 Å². The smallest absolute Gasteiger partial charge is 1.00 e. The molecule has 0 atom stereocenters. The summed E-state index contributed by atoms with van der Waals surface area (Å²) in [6, 6.07) is 13.7. The molecule has 0 aliphatic heterocycles. The number of nitrogens with zero attached hydrogens (tertiary/aromatic N) is 5. The number of H-pyrrole nitrogens is 1. The summed E-state index contributed by atoms with van der Waals surface area (Å²) in [5.41, 5.74) is 1.50. The van der Waals surface area contributed by atoms with Gasteiger partial charge in [-0.1, -0.05) is 39.6 Å². The van der Waals surface area contributed by atoms with Gasteiger partial charge in [0.2, 0.25) is 14.5 Å². The average molecular weight is 732 g/mol. The summed E-state index contributed by atoms with van der Waals surface area (Å²) in [7, 11) is 0. The van der Waals surface area contributed by atoms with Gasteiger partial charge in [-0.15, -0.1) is 15.3 Å². The van der Waals surface area contributed by atoms with Crippen molar-refractivity contribution in [1.29, 1.82) is 0 Å². The molecule has 0 spiro atoms. The van der Waals surface area contributed by atoms with Crippen molar-refractivity contribution in [2.24, 2.45) is 0 Å². The Hall–Kier alpha value is -3.21. The Morgan fingerprint density at radius 2 is 1.46 bits per heavy atom. The molecule has 18 heteroatoms. The van der Waals surface area contributed by atoms with Crippen LogP contribution in [0.3, 0.4) is 0 Å². The molecule has 6 aromatic rings. The van der Waals surface area contributed by atoms with E-state index in [0.29, 0.717) is 33.3 Å². The molecule has 0 saturated heterocycles. The molecule has 0 aliphatic carbocycles. The number of halogens is 3. The van der Waals surface area contributed by atoms with Gasteiger partial charge in [0.15, 0.2) is 5.43 Å². The molecule has 2 aromatic carbocycles. The fourth-order valence-corrected chi connectivity index (χ4v) is 5.10. The topological polar surface area (TPSA) is 159 Å². The summed E-state index contributed by atoms with van der Waals surface area (Å²) >= 11 is 19.2. The Bertz CT molecular complexity index is 2010. The predicted octanol–water partition coefficient (Wildman–Crippen LogP) is 4.37. The van der Waals surface area contributed by atoms with Crippen LogP contribution < -0.4 is 39.7 Å². The Morgan fingerprint density at radius 3 is 2.11 bits per heavy atom. The van der Waals surface area contributed by atoms with Crippen molar-refractivity contribution in [2.45, 2.75) is 13.8 Å². The monoisotopic (exact) mass is 730 g/mol. The number of nitrogens with one attached hydrogen (secondary N) is 1. The van der Waals surface area contributed by atoms with Crippen molar-refractivity contribution in [3.05, 3.63) is 95.7 Å². The van der Waals surface area contributed by atoms with E-state index in [9.17, 15) is 14.4 Å². The molecule has 12 nitrogen and oxygen atoms in total. The van der Waals surface area contributed by atoms with Crippen LogP contribution in [-0.2, 0) is 9.47 Å². The average Bonchev–Trinajstić information content (AvgIpc) is 3.67. The van der Waals surface area contributed by atoms with Crippen molar-refractivity contribution in [3.8, 4) is 10.9 Å². The second kappa shape index (κ2) is 18.2. The fourth-order valence-electron chi connectivity index (χ4n) is 3.43. The van der Waals surface area contributed by atoms with E-state index < -0.39 is 11.9 Å². The Morgan fingerprint density at radius 1 is 0.826 bits per heavy atom. The van der Waals surface area contributed by atoms with Gasteiger partial charge in [0.1, 0.15) is 5.75 Å². The molecule has 46 heavy (non-hydrogen) atoms. The third kappa shape index (κ3) is 10.4. The summed E-state index contributed by atoms with van der Waals surface area (Å²) in [6.45, 7) is 4.06. The van der Waals surface area contributed by atoms with Crippen LogP contribution in [0.25, 0.3) is 21.8 Å². The van der Waals surface area contributed by atoms with Crippen molar-refractivity contribution < 1.29 is 54.8 Å². The SMILES string of the molecule is CCOC(=O)c1nnc(Cl)s1.CCOC(=O)c1nnc(Oc2ccnc3cc(Cl)ccc23)s1.O=c1cc[nH]c2cc(Cl)ccc12.[H-].[Na+]. The minimum atomic E-state index is -0.513. The molecule has 0 unspecified atom stereocenters. The van der Waals surface area contributed by atoms with Crippen LogP contribution in [0.5, 0.6) is 10.9 Å². The van der Waals surface area contributed by atoms with E-state index in [2.05, 4.69) is 35.1 Å². The molecule has 6 rings (SSSR count). The summed E-state index contributed by atoms with van der Waals surface area (Å²) in [5, 5.41) is 17.8. The van der Waals surface area contributed by atoms with Gasteiger partial charge >= 0.3 is 41.5 Å². The van der Waals surface area contributed by atoms with Crippen molar-refractivity contribution in [3.63, 3.8) is 0 Å². The molecular formula is C28H22Cl3N6NaO6S2. The summed E-state index contributed by atoms with van der Waals surface area (Å²) in [4.78, 5) is 40.9. The van der Waals surface area contributed by atoms with Crippen molar-refractivity contribution >= 4 is 91.2 Å². The predicted molar refractivity (Wildman–Crippen MR) is 174 cm³/mol. The van der Waals surface area contributed by atoms with E-state index in [1.165, 1.54) is 6.07 Å². The number of carbonyl (C=O) groups excluding carboxylic acids is 2. The normalized spacial score (nSPS) is 10.1. The molecule has 1 N–H and O–H groups in total. The molecule has 0 fully saturated rings. The second-order valence-electron chi connectivity index (χ2n) is 8.28. The van der Waals surface area contributed by atoms with Gasteiger partial charge in [-0.25, -0.2) is 9.59 Å². The minimum absolute atomic E-state index is 0. The van der Waals surface area contributed by atoms with E-state index in [4.69, 9.17) is 44.3 Å². The zero-order chi connectivity index (χ0) is 32.3. The van der Waals surface area contributed by atoms with Crippen LogP contribution in [0.15, 0.2) is 65.7 Å². The van der Waals surface area contributed by atoms with Crippen LogP contribution in [0.4, 0.5) is 0 Å². The molecule has 4 aromatic heterocycles. The zero-order valence-electron chi connectivity index (χ0n) is 25.3. The van der Waals surface area contributed by atoms with Gasteiger partial charge in [0.25, 0.3) is 5.19 Å². The van der Waals surface area contributed by atoms with Gasteiger partial charge < -0.3 is 20.6 Å². The third-order valence-electron chi connectivity index (χ3n) is 5.29. The first kappa shape index (κ1) is 37.2. The molecule has 0 aliphatic rings. The van der Waals surface area contributed by atoms with Crippen molar-refractivity contribution in [1.82, 2.24) is 30.4 Å².